The van der Waals surface area contributed by atoms with Crippen molar-refractivity contribution in [3.05, 3.63) is 0 Å². The van der Waals surface area contributed by atoms with E-state index in [0.29, 0.717) is 13.0 Å². The molecule has 1 fully saturated rings. The lowest BCUT2D eigenvalue weighted by atomic mass is 9.88. The standard InChI is InChI=1S/C16H28N2O4/c1-15(2,3)13(21)17-11-7-10(12(19)20)8-18(9-11)14(22)16(4,5)6/h10-11H,7-9H2,1-6H3,(H,17,21)(H,19,20). The summed E-state index contributed by atoms with van der Waals surface area (Å²) in [5, 5.41) is 12.2. The molecule has 0 aromatic rings. The van der Waals surface area contributed by atoms with Crippen LogP contribution in [0.2, 0.25) is 0 Å². The van der Waals surface area contributed by atoms with E-state index in [9.17, 15) is 19.5 Å². The molecule has 0 bridgehead atoms. The van der Waals surface area contributed by atoms with Crippen LogP contribution in [-0.4, -0.2) is 46.9 Å². The number of nitrogens with one attached hydrogen (secondary N) is 1. The lowest BCUT2D eigenvalue weighted by Gasteiger charge is -2.40. The average molecular weight is 312 g/mol. The fraction of sp³-hybridized carbons (Fsp3) is 0.812. The van der Waals surface area contributed by atoms with Crippen molar-refractivity contribution in [2.45, 2.75) is 54.0 Å². The monoisotopic (exact) mass is 312 g/mol. The van der Waals surface area contributed by atoms with Gasteiger partial charge in [-0.3, -0.25) is 14.4 Å². The minimum absolute atomic E-state index is 0.0894. The fourth-order valence-electron chi connectivity index (χ4n) is 2.42. The SMILES string of the molecule is CC(C)(C)C(=O)NC1CC(C(=O)O)CN(C(=O)C(C)(C)C)C1. The van der Waals surface area contributed by atoms with Gasteiger partial charge in [-0.05, 0) is 6.42 Å². The zero-order valence-corrected chi connectivity index (χ0v) is 14.4. The normalized spacial score (nSPS) is 23.1. The second kappa shape index (κ2) is 6.26. The van der Waals surface area contributed by atoms with Crippen molar-refractivity contribution < 1.29 is 19.5 Å². The van der Waals surface area contributed by atoms with Crippen LogP contribution in [0.4, 0.5) is 0 Å². The van der Waals surface area contributed by atoms with Gasteiger partial charge < -0.3 is 15.3 Å². The molecule has 0 aromatic carbocycles. The van der Waals surface area contributed by atoms with Crippen LogP contribution >= 0.6 is 0 Å². The first-order valence-electron chi connectivity index (χ1n) is 7.65. The maximum atomic E-state index is 12.4. The molecule has 0 aliphatic carbocycles. The number of carboxylic acid groups (broad SMARTS) is 1. The third kappa shape index (κ3) is 4.71. The Balaban J connectivity index is 2.89. The summed E-state index contributed by atoms with van der Waals surface area (Å²) in [6, 6.07) is -0.326. The smallest absolute Gasteiger partial charge is 0.308 e. The van der Waals surface area contributed by atoms with Gasteiger partial charge in [0.05, 0.1) is 5.92 Å². The highest BCUT2D eigenvalue weighted by Gasteiger charge is 2.38. The Bertz CT molecular complexity index is 460. The number of hydrogen-bond donors (Lipinski definition) is 2. The largest absolute Gasteiger partial charge is 0.481 e. The van der Waals surface area contributed by atoms with Crippen molar-refractivity contribution >= 4 is 17.8 Å². The predicted molar refractivity (Wildman–Crippen MR) is 83.2 cm³/mol. The molecule has 126 valence electrons. The minimum atomic E-state index is -0.929. The van der Waals surface area contributed by atoms with E-state index in [2.05, 4.69) is 5.32 Å². The van der Waals surface area contributed by atoms with Gasteiger partial charge in [0.25, 0.3) is 0 Å². The second-order valence-corrected chi connectivity index (χ2v) is 8.15. The maximum Gasteiger partial charge on any atom is 0.308 e. The molecule has 1 aliphatic heterocycles. The van der Waals surface area contributed by atoms with Crippen LogP contribution in [0.15, 0.2) is 0 Å². The van der Waals surface area contributed by atoms with Crippen LogP contribution in [-0.2, 0) is 14.4 Å². The number of hydrogen-bond acceptors (Lipinski definition) is 3. The van der Waals surface area contributed by atoms with Gasteiger partial charge >= 0.3 is 5.97 Å². The van der Waals surface area contributed by atoms with Crippen LogP contribution in [0.5, 0.6) is 0 Å². The number of carbonyl (C=O) groups excluding carboxylic acids is 2. The third-order valence-electron chi connectivity index (χ3n) is 3.75. The zero-order chi connectivity index (χ0) is 17.3. The Hall–Kier alpha value is -1.59. The van der Waals surface area contributed by atoms with Gasteiger partial charge in [-0.2, -0.15) is 0 Å². The molecule has 0 spiro atoms. The van der Waals surface area contributed by atoms with Crippen LogP contribution in [0, 0.1) is 16.7 Å². The number of likely N-dealkylation sites (tertiary alicyclic amines) is 1. The number of nitrogens with zero attached hydrogens (tertiary/aromatic N) is 1. The summed E-state index contributed by atoms with van der Waals surface area (Å²) < 4.78 is 0. The fourth-order valence-corrected chi connectivity index (χ4v) is 2.42. The molecule has 2 atom stereocenters. The molecule has 0 radical (unpaired) electrons. The summed E-state index contributed by atoms with van der Waals surface area (Å²) >= 11 is 0. The van der Waals surface area contributed by atoms with Gasteiger partial charge in [0.1, 0.15) is 0 Å². The van der Waals surface area contributed by atoms with Gasteiger partial charge in [-0.25, -0.2) is 0 Å². The van der Waals surface area contributed by atoms with Crippen LogP contribution < -0.4 is 5.32 Å². The predicted octanol–water partition coefficient (Wildman–Crippen LogP) is 1.50. The van der Waals surface area contributed by atoms with Crippen LogP contribution in [0.25, 0.3) is 0 Å². The lowest BCUT2D eigenvalue weighted by Crippen LogP contribution is -2.57. The van der Waals surface area contributed by atoms with E-state index in [4.69, 9.17) is 0 Å². The molecule has 6 nitrogen and oxygen atoms in total. The van der Waals surface area contributed by atoms with Crippen molar-refractivity contribution in [1.29, 1.82) is 0 Å². The van der Waals surface area contributed by atoms with E-state index in [1.54, 1.807) is 25.7 Å². The quantitative estimate of drug-likeness (QED) is 0.809. The molecule has 1 rings (SSSR count). The zero-order valence-electron chi connectivity index (χ0n) is 14.4. The van der Waals surface area contributed by atoms with E-state index in [-0.39, 0.29) is 24.4 Å². The summed E-state index contributed by atoms with van der Waals surface area (Å²) in [5.74, 6) is -1.80. The number of carbonyl (C=O) groups is 3. The molecule has 6 heteroatoms. The molecular weight excluding hydrogens is 284 g/mol. The molecule has 2 amide bonds. The highest BCUT2D eigenvalue weighted by Crippen LogP contribution is 2.24. The van der Waals surface area contributed by atoms with Gasteiger partial charge in [0, 0.05) is 30.0 Å². The Morgan fingerprint density at radius 3 is 1.95 bits per heavy atom. The summed E-state index contributed by atoms with van der Waals surface area (Å²) in [5.41, 5.74) is -1.12. The number of rotatable bonds is 2. The van der Waals surface area contributed by atoms with Gasteiger partial charge in [-0.1, -0.05) is 41.5 Å². The molecule has 0 aromatic heterocycles. The Morgan fingerprint density at radius 2 is 1.55 bits per heavy atom. The van der Waals surface area contributed by atoms with Gasteiger partial charge in [0.15, 0.2) is 0 Å². The maximum absolute atomic E-state index is 12.4. The number of amides is 2. The molecule has 1 saturated heterocycles. The number of carboxylic acids is 1. The van der Waals surface area contributed by atoms with Crippen molar-refractivity contribution in [2.75, 3.05) is 13.1 Å². The molecule has 2 unspecified atom stereocenters. The second-order valence-electron chi connectivity index (χ2n) is 8.15. The highest BCUT2D eigenvalue weighted by molar-refractivity contribution is 5.84. The summed E-state index contributed by atoms with van der Waals surface area (Å²) in [6.45, 7) is 11.4. The Labute approximate surface area is 132 Å². The first kappa shape index (κ1) is 18.5. The third-order valence-corrected chi connectivity index (χ3v) is 3.75. The molecular formula is C16H28N2O4. The van der Waals surface area contributed by atoms with E-state index in [1.165, 1.54) is 0 Å². The molecule has 1 aliphatic rings. The van der Waals surface area contributed by atoms with E-state index < -0.39 is 22.7 Å². The molecule has 0 saturated carbocycles. The van der Waals surface area contributed by atoms with E-state index >= 15 is 0 Å². The summed E-state index contributed by atoms with van der Waals surface area (Å²) in [4.78, 5) is 37.5. The Morgan fingerprint density at radius 1 is 1.00 bits per heavy atom. The van der Waals surface area contributed by atoms with E-state index in [1.807, 2.05) is 20.8 Å². The molecule has 22 heavy (non-hydrogen) atoms. The van der Waals surface area contributed by atoms with Crippen molar-refractivity contribution in [1.82, 2.24) is 10.2 Å². The summed E-state index contributed by atoms with van der Waals surface area (Å²) in [6.07, 6.45) is 0.352. The Kier molecular flexibility index (Phi) is 5.25. The van der Waals surface area contributed by atoms with Gasteiger partial charge in [-0.15, -0.1) is 0 Å². The number of piperidine rings is 1. The molecule has 2 N–H and O–H groups in total. The topological polar surface area (TPSA) is 86.7 Å². The lowest BCUT2D eigenvalue weighted by molar-refractivity contribution is -0.150. The first-order valence-corrected chi connectivity index (χ1v) is 7.65. The van der Waals surface area contributed by atoms with Crippen LogP contribution in [0.1, 0.15) is 48.0 Å². The minimum Gasteiger partial charge on any atom is -0.481 e. The van der Waals surface area contributed by atoms with Crippen molar-refractivity contribution in [2.24, 2.45) is 16.7 Å². The first-order chi connectivity index (χ1) is 9.82. The number of aliphatic carboxylic acids is 1. The van der Waals surface area contributed by atoms with Crippen molar-refractivity contribution in [3.8, 4) is 0 Å². The summed E-state index contributed by atoms with van der Waals surface area (Å²) in [7, 11) is 0. The van der Waals surface area contributed by atoms with Crippen LogP contribution in [0.3, 0.4) is 0 Å². The molecule has 1 heterocycles. The van der Waals surface area contributed by atoms with Crippen molar-refractivity contribution in [3.63, 3.8) is 0 Å². The average Bonchev–Trinajstić information content (AvgIpc) is 2.35. The van der Waals surface area contributed by atoms with E-state index in [0.717, 1.165) is 0 Å². The highest BCUT2D eigenvalue weighted by atomic mass is 16.4. The van der Waals surface area contributed by atoms with Gasteiger partial charge in [0.2, 0.25) is 11.8 Å².